The van der Waals surface area contributed by atoms with E-state index in [2.05, 4.69) is 37.5 Å². The van der Waals surface area contributed by atoms with E-state index < -0.39 is 0 Å². The molecule has 0 amide bonds. The fourth-order valence-corrected chi connectivity index (χ4v) is 1.84. The molecule has 7 heteroatoms. The van der Waals surface area contributed by atoms with Crippen molar-refractivity contribution in [3.05, 3.63) is 30.1 Å². The predicted octanol–water partition coefficient (Wildman–Crippen LogP) is 2.02. The number of anilines is 2. The summed E-state index contributed by atoms with van der Waals surface area (Å²) in [6.45, 7) is 5.33. The van der Waals surface area contributed by atoms with Crippen molar-refractivity contribution in [3.8, 4) is 5.75 Å². The lowest BCUT2D eigenvalue weighted by molar-refractivity contribution is 0.414. The Balaban J connectivity index is 2.12. The Morgan fingerprint density at radius 3 is 2.57 bits per heavy atom. The average Bonchev–Trinajstić information content (AvgIpc) is 2.50. The molecule has 0 spiro atoms. The lowest BCUT2D eigenvalue weighted by Gasteiger charge is -2.13. The molecule has 2 aromatic rings. The fourth-order valence-electron chi connectivity index (χ4n) is 1.84. The van der Waals surface area contributed by atoms with Crippen molar-refractivity contribution >= 4 is 11.6 Å². The zero-order valence-electron chi connectivity index (χ0n) is 12.6. The van der Waals surface area contributed by atoms with Crippen LogP contribution in [0.4, 0.5) is 11.6 Å². The first-order chi connectivity index (χ1) is 10.2. The first kappa shape index (κ1) is 15.0. The van der Waals surface area contributed by atoms with Crippen molar-refractivity contribution in [3.63, 3.8) is 0 Å². The number of nitrogens with one attached hydrogen (secondary N) is 2. The van der Waals surface area contributed by atoms with E-state index in [0.717, 1.165) is 24.5 Å². The average molecular weight is 288 g/mol. The van der Waals surface area contributed by atoms with Gasteiger partial charge in [0.05, 0.1) is 19.3 Å². The predicted molar refractivity (Wildman–Crippen MR) is 81.5 cm³/mol. The number of ether oxygens (including phenoxy) is 1. The van der Waals surface area contributed by atoms with Crippen LogP contribution in [0.2, 0.25) is 0 Å². The minimum absolute atomic E-state index is 0.546. The summed E-state index contributed by atoms with van der Waals surface area (Å²) >= 11 is 0. The molecular weight excluding hydrogens is 268 g/mol. The standard InChI is InChI=1S/C14H20N6O/c1-4-6-16-13-12(21-3)14(19-9-18-13)17-8-11-5-7-15-10(2)20-11/h5,7,9H,4,6,8H2,1-3H3,(H2,16,17,18,19). The van der Waals surface area contributed by atoms with Gasteiger partial charge < -0.3 is 15.4 Å². The molecule has 2 N–H and O–H groups in total. The van der Waals surface area contributed by atoms with E-state index in [0.29, 0.717) is 23.9 Å². The van der Waals surface area contributed by atoms with E-state index in [1.54, 1.807) is 13.3 Å². The lowest BCUT2D eigenvalue weighted by atomic mass is 10.3. The van der Waals surface area contributed by atoms with Crippen molar-refractivity contribution in [2.24, 2.45) is 0 Å². The third-order valence-electron chi connectivity index (χ3n) is 2.82. The summed E-state index contributed by atoms with van der Waals surface area (Å²) in [4.78, 5) is 16.8. The van der Waals surface area contributed by atoms with Gasteiger partial charge in [0.25, 0.3) is 0 Å². The zero-order valence-corrected chi connectivity index (χ0v) is 12.6. The summed E-state index contributed by atoms with van der Waals surface area (Å²) < 4.78 is 5.40. The largest absolute Gasteiger partial charge is 0.490 e. The van der Waals surface area contributed by atoms with E-state index in [9.17, 15) is 0 Å². The van der Waals surface area contributed by atoms with Crippen LogP contribution in [0.1, 0.15) is 24.9 Å². The number of hydrogen-bond donors (Lipinski definition) is 2. The van der Waals surface area contributed by atoms with Crippen LogP contribution in [0, 0.1) is 6.92 Å². The van der Waals surface area contributed by atoms with Gasteiger partial charge in [0, 0.05) is 12.7 Å². The van der Waals surface area contributed by atoms with Crippen molar-refractivity contribution in [2.75, 3.05) is 24.3 Å². The van der Waals surface area contributed by atoms with Gasteiger partial charge in [-0.3, -0.25) is 0 Å². The van der Waals surface area contributed by atoms with E-state index in [4.69, 9.17) is 4.74 Å². The molecule has 2 heterocycles. The van der Waals surface area contributed by atoms with Crippen LogP contribution in [0.15, 0.2) is 18.6 Å². The molecule has 0 saturated heterocycles. The van der Waals surface area contributed by atoms with Crippen LogP contribution in [0.5, 0.6) is 5.75 Å². The highest BCUT2D eigenvalue weighted by atomic mass is 16.5. The maximum Gasteiger partial charge on any atom is 0.204 e. The summed E-state index contributed by atoms with van der Waals surface area (Å²) in [6.07, 6.45) is 4.26. The number of aromatic nitrogens is 4. The molecule has 0 bridgehead atoms. The molecule has 21 heavy (non-hydrogen) atoms. The van der Waals surface area contributed by atoms with E-state index >= 15 is 0 Å². The summed E-state index contributed by atoms with van der Waals surface area (Å²) in [7, 11) is 1.61. The SMILES string of the molecule is CCCNc1ncnc(NCc2ccnc(C)n2)c1OC. The summed E-state index contributed by atoms with van der Waals surface area (Å²) in [5.41, 5.74) is 0.895. The smallest absolute Gasteiger partial charge is 0.204 e. The summed E-state index contributed by atoms with van der Waals surface area (Å²) in [5.74, 6) is 2.68. The normalized spacial score (nSPS) is 10.2. The highest BCUT2D eigenvalue weighted by Gasteiger charge is 2.11. The number of aryl methyl sites for hydroxylation is 1. The fraction of sp³-hybridized carbons (Fsp3) is 0.429. The Kier molecular flexibility index (Phi) is 5.25. The molecule has 0 aliphatic heterocycles. The summed E-state index contributed by atoms with van der Waals surface area (Å²) in [6, 6.07) is 1.86. The highest BCUT2D eigenvalue weighted by molar-refractivity contribution is 5.63. The number of hydrogen-bond acceptors (Lipinski definition) is 7. The molecule has 7 nitrogen and oxygen atoms in total. The maximum atomic E-state index is 5.40. The van der Waals surface area contributed by atoms with Gasteiger partial charge in [-0.15, -0.1) is 0 Å². The molecule has 0 saturated carbocycles. The monoisotopic (exact) mass is 288 g/mol. The Morgan fingerprint density at radius 1 is 1.14 bits per heavy atom. The number of rotatable bonds is 7. The van der Waals surface area contributed by atoms with Crippen LogP contribution >= 0.6 is 0 Å². The second kappa shape index (κ2) is 7.37. The third-order valence-corrected chi connectivity index (χ3v) is 2.82. The van der Waals surface area contributed by atoms with Gasteiger partial charge in [-0.05, 0) is 19.4 Å². The van der Waals surface area contributed by atoms with Gasteiger partial charge in [0.1, 0.15) is 12.2 Å². The molecule has 0 aliphatic rings. The minimum Gasteiger partial charge on any atom is -0.490 e. The molecule has 0 radical (unpaired) electrons. The molecule has 0 atom stereocenters. The van der Waals surface area contributed by atoms with Crippen LogP contribution < -0.4 is 15.4 Å². The van der Waals surface area contributed by atoms with Gasteiger partial charge in [0.15, 0.2) is 11.6 Å². The molecule has 2 rings (SSSR count). The Labute approximate surface area is 124 Å². The van der Waals surface area contributed by atoms with E-state index in [1.807, 2.05) is 13.0 Å². The summed E-state index contributed by atoms with van der Waals surface area (Å²) in [5, 5.41) is 6.44. The van der Waals surface area contributed by atoms with Gasteiger partial charge in [-0.2, -0.15) is 0 Å². The molecule has 0 aromatic carbocycles. The molecule has 0 fully saturated rings. The Bertz CT molecular complexity index is 589. The van der Waals surface area contributed by atoms with E-state index in [-0.39, 0.29) is 0 Å². The Hall–Kier alpha value is -2.44. The van der Waals surface area contributed by atoms with Gasteiger partial charge in [0.2, 0.25) is 5.75 Å². The highest BCUT2D eigenvalue weighted by Crippen LogP contribution is 2.29. The molecule has 0 aliphatic carbocycles. The molecule has 112 valence electrons. The maximum absolute atomic E-state index is 5.40. The molecule has 0 unspecified atom stereocenters. The van der Waals surface area contributed by atoms with Gasteiger partial charge in [-0.1, -0.05) is 6.92 Å². The molecule has 2 aromatic heterocycles. The van der Waals surface area contributed by atoms with Crippen LogP contribution in [-0.4, -0.2) is 33.6 Å². The second-order valence-corrected chi connectivity index (χ2v) is 4.48. The number of nitrogens with zero attached hydrogens (tertiary/aromatic N) is 4. The van der Waals surface area contributed by atoms with Crippen LogP contribution in [0.3, 0.4) is 0 Å². The van der Waals surface area contributed by atoms with Crippen LogP contribution in [0.25, 0.3) is 0 Å². The quantitative estimate of drug-likeness (QED) is 0.806. The van der Waals surface area contributed by atoms with Gasteiger partial charge >= 0.3 is 0 Å². The zero-order chi connectivity index (χ0) is 15.1. The van der Waals surface area contributed by atoms with Crippen molar-refractivity contribution in [2.45, 2.75) is 26.8 Å². The first-order valence-electron chi connectivity index (χ1n) is 6.89. The third kappa shape index (κ3) is 4.01. The second-order valence-electron chi connectivity index (χ2n) is 4.48. The first-order valence-corrected chi connectivity index (χ1v) is 6.89. The lowest BCUT2D eigenvalue weighted by Crippen LogP contribution is -2.09. The van der Waals surface area contributed by atoms with Gasteiger partial charge in [-0.25, -0.2) is 19.9 Å². The van der Waals surface area contributed by atoms with Crippen molar-refractivity contribution < 1.29 is 4.74 Å². The van der Waals surface area contributed by atoms with E-state index in [1.165, 1.54) is 6.33 Å². The Morgan fingerprint density at radius 2 is 1.90 bits per heavy atom. The minimum atomic E-state index is 0.546. The molecular formula is C14H20N6O. The van der Waals surface area contributed by atoms with Crippen molar-refractivity contribution in [1.82, 2.24) is 19.9 Å². The van der Waals surface area contributed by atoms with Crippen LogP contribution in [-0.2, 0) is 6.54 Å². The number of methoxy groups -OCH3 is 1. The topological polar surface area (TPSA) is 84.9 Å². The van der Waals surface area contributed by atoms with Crippen molar-refractivity contribution in [1.29, 1.82) is 0 Å².